The largest absolute Gasteiger partial charge is 0.416 e. The molecule has 0 spiro atoms. The highest BCUT2D eigenvalue weighted by molar-refractivity contribution is 5.99. The van der Waals surface area contributed by atoms with Gasteiger partial charge in [0.2, 0.25) is 0 Å². The molecule has 29 heavy (non-hydrogen) atoms. The molecule has 0 aliphatic carbocycles. The van der Waals surface area contributed by atoms with Crippen LogP contribution in [0.1, 0.15) is 33.5 Å². The Labute approximate surface area is 166 Å². The summed E-state index contributed by atoms with van der Waals surface area (Å²) in [5.41, 5.74) is 6.51. The highest BCUT2D eigenvalue weighted by Gasteiger charge is 2.32. The van der Waals surface area contributed by atoms with Gasteiger partial charge in [-0.1, -0.05) is 6.07 Å². The summed E-state index contributed by atoms with van der Waals surface area (Å²) >= 11 is 0. The normalized spacial score (nSPS) is 16.9. The molecule has 1 heterocycles. The smallest absolute Gasteiger partial charge is 0.398 e. The lowest BCUT2D eigenvalue weighted by molar-refractivity contribution is -0.137. The van der Waals surface area contributed by atoms with Crippen LogP contribution in [-0.4, -0.2) is 41.8 Å². The SMILES string of the molecule is Cc1ccc(C(=O)N2CCC(CO)C2)cc1-c1cc(C(F)(F)F)cc(N)c1C=N. The first-order valence-corrected chi connectivity index (χ1v) is 9.18. The summed E-state index contributed by atoms with van der Waals surface area (Å²) in [5, 5.41) is 16.9. The number of carbonyl (C=O) groups is 1. The van der Waals surface area contributed by atoms with Crippen LogP contribution >= 0.6 is 0 Å². The van der Waals surface area contributed by atoms with Gasteiger partial charge < -0.3 is 21.1 Å². The fourth-order valence-corrected chi connectivity index (χ4v) is 3.62. The van der Waals surface area contributed by atoms with Crippen LogP contribution in [0.5, 0.6) is 0 Å². The number of aliphatic hydroxyl groups excluding tert-OH is 1. The molecule has 1 fully saturated rings. The van der Waals surface area contributed by atoms with Gasteiger partial charge in [0, 0.05) is 48.6 Å². The Morgan fingerprint density at radius 1 is 1.31 bits per heavy atom. The van der Waals surface area contributed by atoms with E-state index in [1.807, 2.05) is 0 Å². The van der Waals surface area contributed by atoms with Crippen LogP contribution in [0.4, 0.5) is 18.9 Å². The molecule has 0 saturated carbocycles. The van der Waals surface area contributed by atoms with Gasteiger partial charge in [0.05, 0.1) is 5.56 Å². The van der Waals surface area contributed by atoms with Crippen molar-refractivity contribution in [3.8, 4) is 11.1 Å². The van der Waals surface area contributed by atoms with E-state index in [1.54, 1.807) is 30.0 Å². The van der Waals surface area contributed by atoms with Crippen LogP contribution in [0.3, 0.4) is 0 Å². The number of aliphatic hydroxyl groups is 1. The van der Waals surface area contributed by atoms with Gasteiger partial charge in [-0.3, -0.25) is 4.79 Å². The van der Waals surface area contributed by atoms with Crippen LogP contribution in [0, 0.1) is 18.3 Å². The fraction of sp³-hybridized carbons (Fsp3) is 0.333. The van der Waals surface area contributed by atoms with Crippen molar-refractivity contribution in [1.82, 2.24) is 4.90 Å². The zero-order valence-electron chi connectivity index (χ0n) is 15.9. The number of aryl methyl sites for hydroxylation is 1. The van der Waals surface area contributed by atoms with E-state index in [4.69, 9.17) is 11.1 Å². The van der Waals surface area contributed by atoms with Crippen molar-refractivity contribution in [1.29, 1.82) is 5.41 Å². The third-order valence-electron chi connectivity index (χ3n) is 5.29. The molecular weight excluding hydrogens is 383 g/mol. The van der Waals surface area contributed by atoms with E-state index in [-0.39, 0.29) is 35.2 Å². The van der Waals surface area contributed by atoms with Crippen molar-refractivity contribution in [2.24, 2.45) is 5.92 Å². The molecule has 2 aromatic rings. The summed E-state index contributed by atoms with van der Waals surface area (Å²) < 4.78 is 39.9. The van der Waals surface area contributed by atoms with E-state index in [1.165, 1.54) is 0 Å². The number of hydrogen-bond donors (Lipinski definition) is 3. The molecule has 0 aromatic heterocycles. The minimum absolute atomic E-state index is 0.00906. The number of nitrogens with one attached hydrogen (secondary N) is 1. The van der Waals surface area contributed by atoms with Gasteiger partial charge in [-0.15, -0.1) is 0 Å². The van der Waals surface area contributed by atoms with Crippen molar-refractivity contribution in [3.05, 3.63) is 52.6 Å². The second-order valence-electron chi connectivity index (χ2n) is 7.29. The lowest BCUT2D eigenvalue weighted by Crippen LogP contribution is -2.29. The number of likely N-dealkylation sites (tertiary alicyclic amines) is 1. The van der Waals surface area contributed by atoms with Crippen molar-refractivity contribution in [3.63, 3.8) is 0 Å². The van der Waals surface area contributed by atoms with E-state index in [2.05, 4.69) is 0 Å². The van der Waals surface area contributed by atoms with E-state index < -0.39 is 11.7 Å². The molecule has 8 heteroatoms. The topological polar surface area (TPSA) is 90.4 Å². The molecule has 1 aliphatic heterocycles. The Morgan fingerprint density at radius 2 is 2.03 bits per heavy atom. The standard InChI is InChI=1S/C21H22F3N3O2/c1-12-2-3-14(20(29)27-5-4-13(10-27)11-28)6-16(12)17-7-15(21(22,23)24)8-19(26)18(17)9-25/h2-3,6-9,13,25,28H,4-5,10-11,26H2,1H3. The third-order valence-corrected chi connectivity index (χ3v) is 5.29. The number of nitrogens with two attached hydrogens (primary N) is 1. The Morgan fingerprint density at radius 3 is 2.62 bits per heavy atom. The predicted octanol–water partition coefficient (Wildman–Crippen LogP) is 3.72. The Kier molecular flexibility index (Phi) is 5.66. The summed E-state index contributed by atoms with van der Waals surface area (Å²) in [5.74, 6) is -0.199. The zero-order valence-corrected chi connectivity index (χ0v) is 15.9. The van der Waals surface area contributed by atoms with E-state index in [0.29, 0.717) is 36.2 Å². The van der Waals surface area contributed by atoms with Crippen LogP contribution in [0.15, 0.2) is 30.3 Å². The average Bonchev–Trinajstić information content (AvgIpc) is 3.15. The first kappa shape index (κ1) is 20.9. The van der Waals surface area contributed by atoms with Crippen molar-refractivity contribution in [2.45, 2.75) is 19.5 Å². The van der Waals surface area contributed by atoms with Gasteiger partial charge in [0.1, 0.15) is 0 Å². The number of benzene rings is 2. The highest BCUT2D eigenvalue weighted by Crippen LogP contribution is 2.38. The van der Waals surface area contributed by atoms with Gasteiger partial charge in [0.25, 0.3) is 5.91 Å². The summed E-state index contributed by atoms with van der Waals surface area (Å²) in [7, 11) is 0. The molecule has 0 radical (unpaired) electrons. The van der Waals surface area contributed by atoms with E-state index >= 15 is 0 Å². The molecular formula is C21H22F3N3O2. The first-order valence-electron chi connectivity index (χ1n) is 9.18. The number of anilines is 1. The molecule has 1 saturated heterocycles. The minimum Gasteiger partial charge on any atom is -0.398 e. The third kappa shape index (κ3) is 4.12. The molecule has 1 unspecified atom stereocenters. The van der Waals surface area contributed by atoms with Gasteiger partial charge in [0.15, 0.2) is 0 Å². The maximum atomic E-state index is 13.3. The average molecular weight is 405 g/mol. The number of halogens is 3. The summed E-state index contributed by atoms with van der Waals surface area (Å²) in [4.78, 5) is 14.5. The zero-order chi connectivity index (χ0) is 21.3. The number of alkyl halides is 3. The number of nitrogen functional groups attached to an aromatic ring is 1. The molecule has 2 aromatic carbocycles. The molecule has 1 atom stereocenters. The molecule has 3 rings (SSSR count). The van der Waals surface area contributed by atoms with Crippen molar-refractivity contribution < 1.29 is 23.1 Å². The first-order chi connectivity index (χ1) is 13.7. The number of nitrogens with zero attached hydrogens (tertiary/aromatic N) is 1. The molecule has 4 N–H and O–H groups in total. The maximum Gasteiger partial charge on any atom is 0.416 e. The molecule has 5 nitrogen and oxygen atoms in total. The van der Waals surface area contributed by atoms with Crippen LogP contribution in [-0.2, 0) is 6.18 Å². The van der Waals surface area contributed by atoms with Crippen molar-refractivity contribution in [2.75, 3.05) is 25.4 Å². The second kappa shape index (κ2) is 7.87. The lowest BCUT2D eigenvalue weighted by Gasteiger charge is -2.19. The summed E-state index contributed by atoms with van der Waals surface area (Å²) in [6, 6.07) is 6.63. The number of amides is 1. The summed E-state index contributed by atoms with van der Waals surface area (Å²) in [6.45, 7) is 2.71. The van der Waals surface area contributed by atoms with Crippen molar-refractivity contribution >= 4 is 17.8 Å². The monoisotopic (exact) mass is 405 g/mol. The van der Waals surface area contributed by atoms with Crippen LogP contribution in [0.25, 0.3) is 11.1 Å². The maximum absolute atomic E-state index is 13.3. The predicted molar refractivity (Wildman–Crippen MR) is 105 cm³/mol. The van der Waals surface area contributed by atoms with Gasteiger partial charge in [-0.25, -0.2) is 0 Å². The number of rotatable bonds is 4. The van der Waals surface area contributed by atoms with E-state index in [0.717, 1.165) is 18.3 Å². The molecule has 1 amide bonds. The quantitative estimate of drug-likeness (QED) is 0.535. The lowest BCUT2D eigenvalue weighted by atomic mass is 9.91. The molecule has 1 aliphatic rings. The van der Waals surface area contributed by atoms with Gasteiger partial charge in [-0.2, -0.15) is 13.2 Å². The Hall–Kier alpha value is -2.87. The minimum atomic E-state index is -4.58. The molecule has 0 bridgehead atoms. The summed E-state index contributed by atoms with van der Waals surface area (Å²) in [6.07, 6.45) is -2.95. The Bertz CT molecular complexity index is 957. The van der Waals surface area contributed by atoms with Crippen LogP contribution in [0.2, 0.25) is 0 Å². The van der Waals surface area contributed by atoms with E-state index in [9.17, 15) is 23.1 Å². The van der Waals surface area contributed by atoms with Crippen LogP contribution < -0.4 is 5.73 Å². The second-order valence-corrected chi connectivity index (χ2v) is 7.29. The highest BCUT2D eigenvalue weighted by atomic mass is 19.4. The Balaban J connectivity index is 2.08. The number of hydrogen-bond acceptors (Lipinski definition) is 4. The number of carbonyl (C=O) groups excluding carboxylic acids is 1. The molecule has 154 valence electrons. The fourth-order valence-electron chi connectivity index (χ4n) is 3.62. The van der Waals surface area contributed by atoms with Gasteiger partial charge in [-0.05, 0) is 54.3 Å². The van der Waals surface area contributed by atoms with Gasteiger partial charge >= 0.3 is 6.18 Å².